The third-order valence-corrected chi connectivity index (χ3v) is 4.20. The van der Waals surface area contributed by atoms with Gasteiger partial charge in [-0.1, -0.05) is 20.8 Å². The fourth-order valence-corrected chi connectivity index (χ4v) is 3.42. The molecule has 0 amide bonds. The van der Waals surface area contributed by atoms with Crippen molar-refractivity contribution in [3.8, 4) is 0 Å². The van der Waals surface area contributed by atoms with E-state index in [1.54, 1.807) is 14.2 Å². The zero-order chi connectivity index (χ0) is 14.9. The SMILES string of the molecule is COC1=N[C@]2(C[C@@H](C)C[C@H](O)C2)C(OC)=N[C@@H]1C(C)C. The summed E-state index contributed by atoms with van der Waals surface area (Å²) < 4.78 is 11.0. The first-order chi connectivity index (χ1) is 9.41. The molecule has 1 aliphatic carbocycles. The topological polar surface area (TPSA) is 63.4 Å². The Bertz CT molecular complexity index is 407. The van der Waals surface area contributed by atoms with Gasteiger partial charge in [0.25, 0.3) is 0 Å². The Morgan fingerprint density at radius 1 is 1.25 bits per heavy atom. The number of rotatable bonds is 1. The van der Waals surface area contributed by atoms with Crippen LogP contribution >= 0.6 is 0 Å². The summed E-state index contributed by atoms with van der Waals surface area (Å²) in [6, 6.07) is -0.102. The molecule has 1 N–H and O–H groups in total. The molecule has 1 aliphatic heterocycles. The van der Waals surface area contributed by atoms with E-state index in [4.69, 9.17) is 19.5 Å². The molecule has 1 fully saturated rings. The summed E-state index contributed by atoms with van der Waals surface area (Å²) in [5, 5.41) is 10.1. The van der Waals surface area contributed by atoms with Crippen molar-refractivity contribution in [3.63, 3.8) is 0 Å². The first-order valence-electron chi connectivity index (χ1n) is 7.36. The van der Waals surface area contributed by atoms with Crippen LogP contribution in [0.25, 0.3) is 0 Å². The van der Waals surface area contributed by atoms with Crippen molar-refractivity contribution in [1.82, 2.24) is 0 Å². The predicted molar refractivity (Wildman–Crippen MR) is 79.3 cm³/mol. The summed E-state index contributed by atoms with van der Waals surface area (Å²) in [6.07, 6.45) is 1.84. The summed E-state index contributed by atoms with van der Waals surface area (Å²) in [6.45, 7) is 6.31. The fourth-order valence-electron chi connectivity index (χ4n) is 3.42. The Morgan fingerprint density at radius 2 is 1.95 bits per heavy atom. The second-order valence-electron chi connectivity index (χ2n) is 6.42. The molecule has 1 heterocycles. The molecule has 5 heteroatoms. The molecule has 4 atom stereocenters. The highest BCUT2D eigenvalue weighted by atomic mass is 16.5. The highest BCUT2D eigenvalue weighted by Gasteiger charge is 2.48. The summed E-state index contributed by atoms with van der Waals surface area (Å²) in [4.78, 5) is 9.55. The highest BCUT2D eigenvalue weighted by Crippen LogP contribution is 2.39. The molecule has 0 aromatic carbocycles. The van der Waals surface area contributed by atoms with Crippen LogP contribution in [0.15, 0.2) is 9.98 Å². The number of aliphatic imine (C=N–C) groups is 2. The Hall–Kier alpha value is -1.10. The molecule has 0 radical (unpaired) electrons. The van der Waals surface area contributed by atoms with E-state index in [1.807, 2.05) is 0 Å². The van der Waals surface area contributed by atoms with Gasteiger partial charge in [-0.15, -0.1) is 0 Å². The van der Waals surface area contributed by atoms with Crippen LogP contribution in [0.3, 0.4) is 0 Å². The van der Waals surface area contributed by atoms with Gasteiger partial charge >= 0.3 is 0 Å². The largest absolute Gasteiger partial charge is 0.483 e. The minimum absolute atomic E-state index is 0.102. The van der Waals surface area contributed by atoms with E-state index in [9.17, 15) is 5.11 Å². The molecule has 5 nitrogen and oxygen atoms in total. The molecule has 1 spiro atoms. The summed E-state index contributed by atoms with van der Waals surface area (Å²) in [5.41, 5.74) is -0.553. The van der Waals surface area contributed by atoms with Crippen LogP contribution in [0.1, 0.15) is 40.0 Å². The number of ether oxygens (including phenoxy) is 2. The first kappa shape index (κ1) is 15.3. The monoisotopic (exact) mass is 282 g/mol. The lowest BCUT2D eigenvalue weighted by Crippen LogP contribution is -2.51. The molecule has 0 unspecified atom stereocenters. The molecule has 2 rings (SSSR count). The predicted octanol–water partition coefficient (Wildman–Crippen LogP) is 2.03. The van der Waals surface area contributed by atoms with Crippen LogP contribution < -0.4 is 0 Å². The third-order valence-electron chi connectivity index (χ3n) is 4.20. The van der Waals surface area contributed by atoms with Crippen molar-refractivity contribution in [2.45, 2.75) is 57.7 Å². The number of hydrogen-bond donors (Lipinski definition) is 1. The van der Waals surface area contributed by atoms with Gasteiger partial charge in [0.1, 0.15) is 11.6 Å². The Kier molecular flexibility index (Phi) is 4.37. The summed E-state index contributed by atoms with van der Waals surface area (Å²) in [5.74, 6) is 1.98. The minimum atomic E-state index is -0.553. The average molecular weight is 282 g/mol. The van der Waals surface area contributed by atoms with E-state index in [0.717, 1.165) is 12.8 Å². The van der Waals surface area contributed by atoms with Gasteiger partial charge in [0.15, 0.2) is 0 Å². The van der Waals surface area contributed by atoms with Crippen molar-refractivity contribution < 1.29 is 14.6 Å². The van der Waals surface area contributed by atoms with E-state index in [0.29, 0.717) is 30.1 Å². The van der Waals surface area contributed by atoms with E-state index >= 15 is 0 Å². The molecule has 20 heavy (non-hydrogen) atoms. The van der Waals surface area contributed by atoms with E-state index in [-0.39, 0.29) is 12.1 Å². The van der Waals surface area contributed by atoms with Crippen LogP contribution in [-0.4, -0.2) is 48.8 Å². The standard InChI is InChI=1S/C15H26N2O3/c1-9(2)12-13(19-4)17-15(14(16-12)20-5)7-10(3)6-11(18)8-15/h9-12,18H,6-8H2,1-5H3/t10-,11-,12+,15-/m0/s1. The van der Waals surface area contributed by atoms with Crippen LogP contribution in [-0.2, 0) is 9.47 Å². The molecule has 0 aromatic rings. The van der Waals surface area contributed by atoms with Crippen molar-refractivity contribution >= 4 is 11.8 Å². The van der Waals surface area contributed by atoms with Crippen molar-refractivity contribution in [2.24, 2.45) is 21.8 Å². The van der Waals surface area contributed by atoms with Gasteiger partial charge in [0, 0.05) is 6.42 Å². The highest BCUT2D eigenvalue weighted by molar-refractivity contribution is 5.97. The number of aliphatic hydroxyl groups is 1. The molecular formula is C15H26N2O3. The van der Waals surface area contributed by atoms with Gasteiger partial charge in [0.05, 0.1) is 20.3 Å². The number of hydrogen-bond acceptors (Lipinski definition) is 5. The third kappa shape index (κ3) is 2.68. The lowest BCUT2D eigenvalue weighted by molar-refractivity contribution is 0.0735. The van der Waals surface area contributed by atoms with E-state index in [1.165, 1.54) is 0 Å². The van der Waals surface area contributed by atoms with E-state index in [2.05, 4.69) is 20.8 Å². The fraction of sp³-hybridized carbons (Fsp3) is 0.867. The maximum absolute atomic E-state index is 10.1. The second-order valence-corrected chi connectivity index (χ2v) is 6.42. The molecular weight excluding hydrogens is 256 g/mol. The Balaban J connectivity index is 2.41. The molecule has 0 aromatic heterocycles. The zero-order valence-electron chi connectivity index (χ0n) is 13.1. The average Bonchev–Trinajstić information content (AvgIpc) is 2.36. The molecule has 2 aliphatic rings. The van der Waals surface area contributed by atoms with Gasteiger partial charge in [0.2, 0.25) is 11.8 Å². The van der Waals surface area contributed by atoms with Gasteiger partial charge in [-0.25, -0.2) is 9.98 Å². The smallest absolute Gasteiger partial charge is 0.212 e. The zero-order valence-corrected chi connectivity index (χ0v) is 13.1. The molecule has 114 valence electrons. The number of aliphatic hydroxyl groups excluding tert-OH is 1. The van der Waals surface area contributed by atoms with Crippen LogP contribution in [0, 0.1) is 11.8 Å². The Labute approximate surface area is 121 Å². The summed E-state index contributed by atoms with van der Waals surface area (Å²) in [7, 11) is 3.27. The van der Waals surface area contributed by atoms with E-state index < -0.39 is 5.54 Å². The summed E-state index contributed by atoms with van der Waals surface area (Å²) >= 11 is 0. The molecule has 1 saturated carbocycles. The van der Waals surface area contributed by atoms with Crippen molar-refractivity contribution in [3.05, 3.63) is 0 Å². The van der Waals surface area contributed by atoms with Crippen molar-refractivity contribution in [2.75, 3.05) is 14.2 Å². The maximum Gasteiger partial charge on any atom is 0.212 e. The first-order valence-corrected chi connectivity index (χ1v) is 7.36. The quantitative estimate of drug-likeness (QED) is 0.800. The number of nitrogens with zero attached hydrogens (tertiary/aromatic N) is 2. The van der Waals surface area contributed by atoms with Crippen molar-refractivity contribution in [1.29, 1.82) is 0 Å². The second kappa shape index (κ2) is 5.72. The van der Waals surface area contributed by atoms with Gasteiger partial charge in [-0.2, -0.15) is 0 Å². The number of methoxy groups -OCH3 is 2. The lowest BCUT2D eigenvalue weighted by Gasteiger charge is -2.42. The van der Waals surface area contributed by atoms with Gasteiger partial charge in [-0.05, 0) is 24.7 Å². The Morgan fingerprint density at radius 3 is 2.45 bits per heavy atom. The van der Waals surface area contributed by atoms with Crippen LogP contribution in [0.2, 0.25) is 0 Å². The maximum atomic E-state index is 10.1. The lowest BCUT2D eigenvalue weighted by atomic mass is 9.74. The van der Waals surface area contributed by atoms with Gasteiger partial charge < -0.3 is 14.6 Å². The normalized spacial score (nSPS) is 37.6. The molecule has 0 saturated heterocycles. The molecule has 0 bridgehead atoms. The van der Waals surface area contributed by atoms with Crippen LogP contribution in [0.5, 0.6) is 0 Å². The minimum Gasteiger partial charge on any atom is -0.483 e. The van der Waals surface area contributed by atoms with Crippen LogP contribution in [0.4, 0.5) is 0 Å². The van der Waals surface area contributed by atoms with Gasteiger partial charge in [-0.3, -0.25) is 0 Å².